The maximum Gasteiger partial charge on any atom is 0.292 e. The van der Waals surface area contributed by atoms with Crippen molar-refractivity contribution in [2.45, 2.75) is 31.5 Å². The van der Waals surface area contributed by atoms with Crippen molar-refractivity contribution in [1.82, 2.24) is 15.0 Å². The minimum atomic E-state index is -0.317. The van der Waals surface area contributed by atoms with Crippen LogP contribution >= 0.6 is 0 Å². The lowest BCUT2D eigenvalue weighted by atomic mass is 9.89. The van der Waals surface area contributed by atoms with Gasteiger partial charge in [-0.05, 0) is 24.5 Å². The molecule has 2 fully saturated rings. The number of carbonyl (C=O) groups is 1. The third kappa shape index (κ3) is 3.50. The molecular weight excluding hydrogens is 334 g/mol. The van der Waals surface area contributed by atoms with Gasteiger partial charge in [-0.15, -0.1) is 0 Å². The van der Waals surface area contributed by atoms with Crippen molar-refractivity contribution in [2.24, 2.45) is 5.92 Å². The van der Waals surface area contributed by atoms with Gasteiger partial charge in [-0.3, -0.25) is 9.78 Å². The topological polar surface area (TPSA) is 77.7 Å². The maximum absolute atomic E-state index is 12.6. The number of nitrogens with zero attached hydrogens (tertiary/aromatic N) is 3. The Labute approximate surface area is 152 Å². The Morgan fingerprint density at radius 3 is 3.15 bits per heavy atom. The van der Waals surface area contributed by atoms with E-state index in [1.54, 1.807) is 12.3 Å². The molecule has 0 aromatic carbocycles. The van der Waals surface area contributed by atoms with E-state index in [1.165, 1.54) is 6.20 Å². The highest BCUT2D eigenvalue weighted by Crippen LogP contribution is 2.41. The van der Waals surface area contributed by atoms with Gasteiger partial charge in [-0.25, -0.2) is 0 Å². The molecule has 3 heterocycles. The molecule has 2 aromatic heterocycles. The highest BCUT2D eigenvalue weighted by Gasteiger charge is 2.48. The fourth-order valence-electron chi connectivity index (χ4n) is 4.01. The van der Waals surface area contributed by atoms with Crippen LogP contribution in [0.1, 0.15) is 35.4 Å². The second-order valence-electron chi connectivity index (χ2n) is 6.98. The Morgan fingerprint density at radius 1 is 1.38 bits per heavy atom. The molecule has 2 aliphatic rings. The molecule has 0 N–H and O–H groups in total. The van der Waals surface area contributed by atoms with Crippen molar-refractivity contribution in [3.63, 3.8) is 0 Å². The van der Waals surface area contributed by atoms with Crippen molar-refractivity contribution in [1.29, 1.82) is 0 Å². The molecule has 1 saturated heterocycles. The summed E-state index contributed by atoms with van der Waals surface area (Å²) in [5.74, 6) is 0.445. The molecule has 1 aliphatic carbocycles. The largest absolute Gasteiger partial charge is 0.376 e. The van der Waals surface area contributed by atoms with E-state index in [9.17, 15) is 4.79 Å². The predicted molar refractivity (Wildman–Crippen MR) is 92.3 cm³/mol. The molecular formula is C19H23N3O4. The monoisotopic (exact) mass is 357 g/mol. The van der Waals surface area contributed by atoms with Crippen LogP contribution in [0, 0.1) is 5.92 Å². The summed E-state index contributed by atoms with van der Waals surface area (Å²) in [5, 5.41) is 3.63. The molecule has 1 saturated carbocycles. The lowest BCUT2D eigenvalue weighted by Gasteiger charge is -2.43. The van der Waals surface area contributed by atoms with E-state index < -0.39 is 0 Å². The fraction of sp³-hybridized carbons (Fsp3) is 0.526. The number of pyridine rings is 1. The minimum absolute atomic E-state index is 0.118. The first-order valence-electron chi connectivity index (χ1n) is 9.07. The molecule has 4 rings (SSSR count). The van der Waals surface area contributed by atoms with Gasteiger partial charge in [0.1, 0.15) is 0 Å². The fourth-order valence-corrected chi connectivity index (χ4v) is 4.01. The van der Waals surface area contributed by atoms with Gasteiger partial charge < -0.3 is 18.9 Å². The van der Waals surface area contributed by atoms with E-state index >= 15 is 0 Å². The summed E-state index contributed by atoms with van der Waals surface area (Å²) in [7, 11) is 0. The summed E-state index contributed by atoms with van der Waals surface area (Å²) in [6.45, 7) is 2.86. The standard InChI is InChI=1S/C19H23N3O4/c23-18(17-5-8-21-26-17)22-9-10-25-19(14-22)6-1-4-16(19)13-24-12-15-3-2-7-20-11-15/h2-3,5,7-8,11,16H,1,4,6,9-10,12-14H2/t16-,19-/m1/s1. The molecule has 1 spiro atoms. The zero-order valence-corrected chi connectivity index (χ0v) is 14.7. The minimum Gasteiger partial charge on any atom is -0.376 e. The first kappa shape index (κ1) is 17.2. The smallest absolute Gasteiger partial charge is 0.292 e. The highest BCUT2D eigenvalue weighted by atomic mass is 16.5. The quantitative estimate of drug-likeness (QED) is 0.817. The van der Waals surface area contributed by atoms with Crippen LogP contribution in [0.15, 0.2) is 41.3 Å². The zero-order valence-electron chi connectivity index (χ0n) is 14.7. The lowest BCUT2D eigenvalue weighted by molar-refractivity contribution is -0.134. The highest BCUT2D eigenvalue weighted by molar-refractivity contribution is 5.91. The number of ether oxygens (including phenoxy) is 2. The summed E-state index contributed by atoms with van der Waals surface area (Å²) in [6, 6.07) is 5.52. The van der Waals surface area contributed by atoms with Gasteiger partial charge in [-0.1, -0.05) is 17.6 Å². The maximum atomic E-state index is 12.6. The molecule has 26 heavy (non-hydrogen) atoms. The van der Waals surface area contributed by atoms with Crippen LogP contribution < -0.4 is 0 Å². The molecule has 2 atom stereocenters. The number of hydrogen-bond acceptors (Lipinski definition) is 6. The van der Waals surface area contributed by atoms with E-state index in [2.05, 4.69) is 10.1 Å². The molecule has 0 unspecified atom stereocenters. The predicted octanol–water partition coefficient (Wildman–Crippen LogP) is 2.30. The Balaban J connectivity index is 1.38. The second kappa shape index (κ2) is 7.55. The third-order valence-corrected chi connectivity index (χ3v) is 5.35. The number of hydrogen-bond donors (Lipinski definition) is 0. The van der Waals surface area contributed by atoms with Crippen molar-refractivity contribution in [2.75, 3.05) is 26.3 Å². The van der Waals surface area contributed by atoms with Crippen molar-refractivity contribution >= 4 is 5.91 Å². The average molecular weight is 357 g/mol. The number of carbonyl (C=O) groups excluding carboxylic acids is 1. The molecule has 0 radical (unpaired) electrons. The molecule has 2 aromatic rings. The Morgan fingerprint density at radius 2 is 2.35 bits per heavy atom. The summed E-state index contributed by atoms with van der Waals surface area (Å²) in [4.78, 5) is 18.5. The van der Waals surface area contributed by atoms with Crippen molar-refractivity contribution < 1.29 is 18.8 Å². The SMILES string of the molecule is O=C(c1ccno1)N1CCO[C@]2(CCC[C@@H]2COCc2cccnc2)C1. The van der Waals surface area contributed by atoms with E-state index in [4.69, 9.17) is 14.0 Å². The van der Waals surface area contributed by atoms with Crippen LogP contribution in [0.3, 0.4) is 0 Å². The van der Waals surface area contributed by atoms with E-state index in [1.807, 2.05) is 23.2 Å². The van der Waals surface area contributed by atoms with Gasteiger partial charge in [0.05, 0.1) is 38.2 Å². The van der Waals surface area contributed by atoms with Gasteiger partial charge in [0.25, 0.3) is 5.91 Å². The first-order valence-corrected chi connectivity index (χ1v) is 9.07. The Kier molecular flexibility index (Phi) is 4.99. The molecule has 7 heteroatoms. The van der Waals surface area contributed by atoms with Gasteiger partial charge in [0.15, 0.2) is 0 Å². The molecule has 1 aliphatic heterocycles. The number of rotatable bonds is 5. The van der Waals surface area contributed by atoms with Crippen LogP contribution in [0.25, 0.3) is 0 Å². The average Bonchev–Trinajstić information content (AvgIpc) is 3.33. The normalized spacial score (nSPS) is 25.7. The van der Waals surface area contributed by atoms with Crippen LogP contribution in [0.5, 0.6) is 0 Å². The van der Waals surface area contributed by atoms with E-state index in [-0.39, 0.29) is 23.2 Å². The number of morpholine rings is 1. The van der Waals surface area contributed by atoms with Gasteiger partial charge in [-0.2, -0.15) is 0 Å². The van der Waals surface area contributed by atoms with Crippen LogP contribution in [0.2, 0.25) is 0 Å². The third-order valence-electron chi connectivity index (χ3n) is 5.35. The molecule has 7 nitrogen and oxygen atoms in total. The van der Waals surface area contributed by atoms with Crippen LogP contribution in [-0.2, 0) is 16.1 Å². The van der Waals surface area contributed by atoms with Crippen LogP contribution in [-0.4, -0.2) is 52.9 Å². The Bertz CT molecular complexity index is 722. The van der Waals surface area contributed by atoms with E-state index in [0.29, 0.717) is 32.9 Å². The summed E-state index contributed by atoms with van der Waals surface area (Å²) in [6.07, 6.45) is 8.16. The molecule has 0 bridgehead atoms. The first-order chi connectivity index (χ1) is 12.8. The zero-order chi connectivity index (χ0) is 17.8. The van der Waals surface area contributed by atoms with Crippen LogP contribution in [0.4, 0.5) is 0 Å². The van der Waals surface area contributed by atoms with Gasteiger partial charge in [0.2, 0.25) is 5.76 Å². The second-order valence-corrected chi connectivity index (χ2v) is 6.98. The Hall–Kier alpha value is -2.25. The lowest BCUT2D eigenvalue weighted by Crippen LogP contribution is -2.56. The number of aromatic nitrogens is 2. The van der Waals surface area contributed by atoms with Gasteiger partial charge >= 0.3 is 0 Å². The summed E-state index contributed by atoms with van der Waals surface area (Å²) >= 11 is 0. The van der Waals surface area contributed by atoms with Crippen molar-refractivity contribution in [3.05, 3.63) is 48.1 Å². The summed E-state index contributed by atoms with van der Waals surface area (Å²) < 4.78 is 17.2. The van der Waals surface area contributed by atoms with Crippen molar-refractivity contribution in [3.8, 4) is 0 Å². The number of amides is 1. The van der Waals surface area contributed by atoms with Gasteiger partial charge in [0, 0.05) is 30.9 Å². The summed E-state index contributed by atoms with van der Waals surface area (Å²) in [5.41, 5.74) is 0.745. The van der Waals surface area contributed by atoms with E-state index in [0.717, 1.165) is 24.8 Å². The molecule has 138 valence electrons. The molecule has 1 amide bonds.